The quantitative estimate of drug-likeness (QED) is 0.815. The number of carboxylic acid groups (broad SMARTS) is 1. The number of carboxylic acids is 1. The Kier molecular flexibility index (Phi) is 3.04. The van der Waals surface area contributed by atoms with Gasteiger partial charge in [0.15, 0.2) is 0 Å². The Balaban J connectivity index is 1.64. The number of likely N-dealkylation sites (tertiary alicyclic amines) is 1. The summed E-state index contributed by atoms with van der Waals surface area (Å²) in [5.41, 5.74) is 0. The van der Waals surface area contributed by atoms with Crippen LogP contribution in [0.25, 0.3) is 0 Å². The number of carbonyl (C=O) groups excluding carboxylic acids is 1. The van der Waals surface area contributed by atoms with Gasteiger partial charge in [0.1, 0.15) is 0 Å². The summed E-state index contributed by atoms with van der Waals surface area (Å²) in [6.45, 7) is 0.928. The monoisotopic (exact) mass is 251 g/mol. The van der Waals surface area contributed by atoms with Gasteiger partial charge in [0.05, 0.1) is 5.92 Å². The number of aliphatic carboxylic acids is 1. The van der Waals surface area contributed by atoms with Gasteiger partial charge in [0, 0.05) is 18.5 Å². The molecule has 1 N–H and O–H groups in total. The first-order chi connectivity index (χ1) is 8.65. The summed E-state index contributed by atoms with van der Waals surface area (Å²) in [5, 5.41) is 9.08. The zero-order valence-corrected chi connectivity index (χ0v) is 10.7. The zero-order chi connectivity index (χ0) is 12.7. The van der Waals surface area contributed by atoms with Gasteiger partial charge in [-0.25, -0.2) is 0 Å². The Labute approximate surface area is 107 Å². The number of nitrogens with zero attached hydrogens (tertiary/aromatic N) is 1. The van der Waals surface area contributed by atoms with Crippen molar-refractivity contribution in [1.29, 1.82) is 0 Å². The Hall–Kier alpha value is -1.06. The highest BCUT2D eigenvalue weighted by atomic mass is 16.4. The SMILES string of the molecule is O=C(O)C1CCCC(C(=O)N2CC3CCC2C3)C1. The zero-order valence-electron chi connectivity index (χ0n) is 10.7. The van der Waals surface area contributed by atoms with Crippen LogP contribution >= 0.6 is 0 Å². The normalized spacial score (nSPS) is 39.0. The second-order valence-electron chi connectivity index (χ2n) is 6.22. The minimum absolute atomic E-state index is 0.0285. The van der Waals surface area contributed by atoms with Crippen LogP contribution in [0.1, 0.15) is 44.9 Å². The molecule has 0 aromatic carbocycles. The minimum atomic E-state index is -0.726. The smallest absolute Gasteiger partial charge is 0.306 e. The lowest BCUT2D eigenvalue weighted by Crippen LogP contribution is -2.43. The van der Waals surface area contributed by atoms with Gasteiger partial charge in [-0.15, -0.1) is 0 Å². The largest absolute Gasteiger partial charge is 0.481 e. The lowest BCUT2D eigenvalue weighted by molar-refractivity contribution is -0.146. The molecule has 2 bridgehead atoms. The molecule has 18 heavy (non-hydrogen) atoms. The molecule has 4 nitrogen and oxygen atoms in total. The number of rotatable bonds is 2. The van der Waals surface area contributed by atoms with E-state index in [2.05, 4.69) is 4.90 Å². The highest BCUT2D eigenvalue weighted by Crippen LogP contribution is 2.40. The van der Waals surface area contributed by atoms with E-state index in [1.165, 1.54) is 12.8 Å². The van der Waals surface area contributed by atoms with Crippen molar-refractivity contribution in [2.24, 2.45) is 17.8 Å². The third-order valence-corrected chi connectivity index (χ3v) is 5.06. The standard InChI is InChI=1S/C14H21NO3/c16-13(15-8-9-4-5-12(15)6-9)10-2-1-3-11(7-10)14(17)18/h9-12H,1-8H2,(H,17,18). The van der Waals surface area contributed by atoms with Crippen LogP contribution in [0.4, 0.5) is 0 Å². The van der Waals surface area contributed by atoms with E-state index in [-0.39, 0.29) is 17.7 Å². The maximum Gasteiger partial charge on any atom is 0.306 e. The van der Waals surface area contributed by atoms with E-state index in [0.717, 1.165) is 38.1 Å². The summed E-state index contributed by atoms with van der Waals surface area (Å²) < 4.78 is 0. The summed E-state index contributed by atoms with van der Waals surface area (Å²) in [4.78, 5) is 25.6. The van der Waals surface area contributed by atoms with Gasteiger partial charge in [-0.05, 0) is 44.4 Å². The molecule has 1 aliphatic heterocycles. The molecule has 0 spiro atoms. The van der Waals surface area contributed by atoms with Crippen molar-refractivity contribution >= 4 is 11.9 Å². The number of carbonyl (C=O) groups is 2. The second kappa shape index (κ2) is 4.56. The summed E-state index contributed by atoms with van der Waals surface area (Å²) in [7, 11) is 0. The number of piperidine rings is 1. The van der Waals surface area contributed by atoms with Gasteiger partial charge in [-0.1, -0.05) is 6.42 Å². The van der Waals surface area contributed by atoms with Crippen molar-refractivity contribution in [3.05, 3.63) is 0 Å². The van der Waals surface area contributed by atoms with Crippen LogP contribution in [0.2, 0.25) is 0 Å². The van der Waals surface area contributed by atoms with Crippen molar-refractivity contribution < 1.29 is 14.7 Å². The molecule has 3 rings (SSSR count). The Morgan fingerprint density at radius 2 is 1.78 bits per heavy atom. The molecule has 3 fully saturated rings. The van der Waals surface area contributed by atoms with Crippen molar-refractivity contribution in [1.82, 2.24) is 4.90 Å². The first kappa shape index (κ1) is 12.0. The fourth-order valence-electron chi connectivity index (χ4n) is 4.07. The Morgan fingerprint density at radius 1 is 1.00 bits per heavy atom. The molecule has 0 radical (unpaired) electrons. The number of amides is 1. The predicted molar refractivity (Wildman–Crippen MR) is 65.9 cm³/mol. The van der Waals surface area contributed by atoms with Crippen LogP contribution in [0.15, 0.2) is 0 Å². The predicted octanol–water partition coefficient (Wildman–Crippen LogP) is 1.89. The Bertz CT molecular complexity index is 368. The first-order valence-electron chi connectivity index (χ1n) is 7.18. The van der Waals surface area contributed by atoms with Crippen LogP contribution in [-0.4, -0.2) is 34.5 Å². The van der Waals surface area contributed by atoms with Gasteiger partial charge in [-0.3, -0.25) is 9.59 Å². The average molecular weight is 251 g/mol. The average Bonchev–Trinajstić information content (AvgIpc) is 3.00. The lowest BCUT2D eigenvalue weighted by Gasteiger charge is -2.33. The van der Waals surface area contributed by atoms with E-state index in [9.17, 15) is 9.59 Å². The molecule has 4 atom stereocenters. The number of fused-ring (bicyclic) bond motifs is 2. The molecular formula is C14H21NO3. The van der Waals surface area contributed by atoms with Crippen LogP contribution in [0.3, 0.4) is 0 Å². The Morgan fingerprint density at radius 3 is 2.39 bits per heavy atom. The molecule has 4 heteroatoms. The molecular weight excluding hydrogens is 230 g/mol. The van der Waals surface area contributed by atoms with E-state index < -0.39 is 5.97 Å². The summed E-state index contributed by atoms with van der Waals surface area (Å²) in [6, 6.07) is 0.465. The van der Waals surface area contributed by atoms with Crippen molar-refractivity contribution in [3.63, 3.8) is 0 Å². The molecule has 0 aromatic rings. The molecule has 2 aliphatic carbocycles. The lowest BCUT2D eigenvalue weighted by atomic mass is 9.80. The van der Waals surface area contributed by atoms with Crippen molar-refractivity contribution in [2.75, 3.05) is 6.54 Å². The molecule has 1 amide bonds. The molecule has 2 saturated carbocycles. The molecule has 1 heterocycles. The van der Waals surface area contributed by atoms with Crippen LogP contribution in [-0.2, 0) is 9.59 Å². The number of hydrogen-bond acceptors (Lipinski definition) is 2. The van der Waals surface area contributed by atoms with Gasteiger partial charge < -0.3 is 10.0 Å². The molecule has 4 unspecified atom stereocenters. The summed E-state index contributed by atoms with van der Waals surface area (Å²) >= 11 is 0. The number of hydrogen-bond donors (Lipinski definition) is 1. The summed E-state index contributed by atoms with van der Waals surface area (Å²) in [5.74, 6) is -0.0897. The van der Waals surface area contributed by atoms with Gasteiger partial charge in [-0.2, -0.15) is 0 Å². The van der Waals surface area contributed by atoms with Crippen LogP contribution in [0, 0.1) is 17.8 Å². The van der Waals surface area contributed by atoms with E-state index in [1.807, 2.05) is 0 Å². The van der Waals surface area contributed by atoms with E-state index in [0.29, 0.717) is 12.5 Å². The third-order valence-electron chi connectivity index (χ3n) is 5.06. The van der Waals surface area contributed by atoms with E-state index >= 15 is 0 Å². The maximum absolute atomic E-state index is 12.5. The first-order valence-corrected chi connectivity index (χ1v) is 7.18. The fourth-order valence-corrected chi connectivity index (χ4v) is 4.07. The van der Waals surface area contributed by atoms with Crippen LogP contribution < -0.4 is 0 Å². The topological polar surface area (TPSA) is 57.6 Å². The molecule has 0 aromatic heterocycles. The van der Waals surface area contributed by atoms with Gasteiger partial charge in [0.2, 0.25) is 5.91 Å². The minimum Gasteiger partial charge on any atom is -0.481 e. The molecule has 3 aliphatic rings. The second-order valence-corrected chi connectivity index (χ2v) is 6.22. The highest BCUT2D eigenvalue weighted by Gasteiger charge is 2.43. The van der Waals surface area contributed by atoms with Crippen molar-refractivity contribution in [2.45, 2.75) is 51.0 Å². The van der Waals surface area contributed by atoms with Crippen molar-refractivity contribution in [3.8, 4) is 0 Å². The van der Waals surface area contributed by atoms with Gasteiger partial charge >= 0.3 is 5.97 Å². The molecule has 100 valence electrons. The maximum atomic E-state index is 12.5. The fraction of sp³-hybridized carbons (Fsp3) is 0.857. The third kappa shape index (κ3) is 2.02. The van der Waals surface area contributed by atoms with E-state index in [4.69, 9.17) is 5.11 Å². The molecule has 1 saturated heterocycles. The van der Waals surface area contributed by atoms with Gasteiger partial charge in [0.25, 0.3) is 0 Å². The van der Waals surface area contributed by atoms with Crippen LogP contribution in [0.5, 0.6) is 0 Å². The summed E-state index contributed by atoms with van der Waals surface area (Å²) in [6.07, 6.45) is 6.68. The van der Waals surface area contributed by atoms with E-state index in [1.54, 1.807) is 0 Å². The highest BCUT2D eigenvalue weighted by molar-refractivity contribution is 5.81.